The quantitative estimate of drug-likeness (QED) is 0.566. The van der Waals surface area contributed by atoms with E-state index < -0.39 is 6.04 Å². The monoisotopic (exact) mass is 386 g/mol. The molecule has 6 nitrogen and oxygen atoms in total. The van der Waals surface area contributed by atoms with Crippen molar-refractivity contribution < 1.29 is 4.79 Å². The van der Waals surface area contributed by atoms with Crippen molar-refractivity contribution in [2.45, 2.75) is 32.4 Å². The van der Waals surface area contributed by atoms with E-state index in [0.717, 1.165) is 16.5 Å². The maximum atomic E-state index is 13.4. The Balaban J connectivity index is 1.71. The second kappa shape index (κ2) is 6.58. The topological polar surface area (TPSA) is 79.8 Å². The number of carbonyl (C=O) groups is 1. The molecule has 4 aromatic rings. The number of H-pyrrole nitrogens is 1. The van der Waals surface area contributed by atoms with Crippen molar-refractivity contribution in [3.63, 3.8) is 0 Å². The highest BCUT2D eigenvalue weighted by Crippen LogP contribution is 2.31. The fraction of sp³-hybridized carbons (Fsp3) is 0.261. The molecule has 146 valence electrons. The van der Waals surface area contributed by atoms with Crippen LogP contribution in [0.2, 0.25) is 0 Å². The highest BCUT2D eigenvalue weighted by Gasteiger charge is 2.37. The number of aromatic nitrogens is 3. The van der Waals surface area contributed by atoms with Gasteiger partial charge in [-0.25, -0.2) is 4.98 Å². The van der Waals surface area contributed by atoms with E-state index >= 15 is 0 Å². The molecular formula is C23H22N4O2. The minimum Gasteiger partial charge on any atom is -0.361 e. The Hall–Kier alpha value is -3.41. The molecule has 1 aliphatic heterocycles. The maximum absolute atomic E-state index is 13.4. The van der Waals surface area contributed by atoms with Crippen LogP contribution >= 0.6 is 0 Å². The van der Waals surface area contributed by atoms with Gasteiger partial charge in [0.05, 0.1) is 16.9 Å². The fourth-order valence-corrected chi connectivity index (χ4v) is 4.27. The molecule has 0 unspecified atom stereocenters. The molecular weight excluding hydrogens is 364 g/mol. The van der Waals surface area contributed by atoms with Gasteiger partial charge in [0.25, 0.3) is 5.56 Å². The lowest BCUT2D eigenvalue weighted by atomic mass is 9.96. The van der Waals surface area contributed by atoms with Crippen LogP contribution in [0.25, 0.3) is 21.8 Å². The lowest BCUT2D eigenvalue weighted by molar-refractivity contribution is -0.127. The summed E-state index contributed by atoms with van der Waals surface area (Å²) in [5.41, 5.74) is 2.53. The van der Waals surface area contributed by atoms with Crippen LogP contribution in [0.4, 0.5) is 0 Å². The maximum Gasteiger partial charge on any atom is 0.262 e. The molecule has 0 saturated carbocycles. The van der Waals surface area contributed by atoms with Crippen molar-refractivity contribution >= 4 is 27.7 Å². The zero-order chi connectivity index (χ0) is 20.1. The number of fused-ring (bicyclic) bond motifs is 3. The Labute approximate surface area is 167 Å². The third kappa shape index (κ3) is 2.75. The van der Waals surface area contributed by atoms with E-state index in [1.807, 2.05) is 62.5 Å². The smallest absolute Gasteiger partial charge is 0.262 e. The molecule has 6 heteroatoms. The summed E-state index contributed by atoms with van der Waals surface area (Å²) >= 11 is 0. The van der Waals surface area contributed by atoms with Crippen molar-refractivity contribution in [1.82, 2.24) is 19.9 Å². The predicted molar refractivity (Wildman–Crippen MR) is 113 cm³/mol. The number of nitrogens with one attached hydrogen (secondary N) is 2. The summed E-state index contributed by atoms with van der Waals surface area (Å²) in [5.74, 6) is 0.612. The number of nitrogens with zero attached hydrogens (tertiary/aromatic N) is 2. The van der Waals surface area contributed by atoms with Crippen molar-refractivity contribution in [2.75, 3.05) is 0 Å². The number of hydrogen-bond acceptors (Lipinski definition) is 3. The van der Waals surface area contributed by atoms with Gasteiger partial charge in [0.2, 0.25) is 5.91 Å². The minimum absolute atomic E-state index is 0.118. The normalized spacial score (nSPS) is 18.9. The SMILES string of the molecule is CC(C)[C@@H]1NC(=O)[C@H](Cc2c[nH]c3ccccc23)n2c1nc1ccccc1c2=O. The van der Waals surface area contributed by atoms with Crippen LogP contribution < -0.4 is 10.9 Å². The molecule has 0 fully saturated rings. The number of rotatable bonds is 3. The number of para-hydroxylation sites is 2. The van der Waals surface area contributed by atoms with Gasteiger partial charge >= 0.3 is 0 Å². The highest BCUT2D eigenvalue weighted by atomic mass is 16.2. The zero-order valence-electron chi connectivity index (χ0n) is 16.3. The molecule has 5 rings (SSSR count). The molecule has 2 N–H and O–H groups in total. The van der Waals surface area contributed by atoms with Crippen LogP contribution in [0.1, 0.15) is 37.3 Å². The fourth-order valence-electron chi connectivity index (χ4n) is 4.27. The van der Waals surface area contributed by atoms with Gasteiger partial charge in [0, 0.05) is 23.5 Å². The van der Waals surface area contributed by atoms with Crippen LogP contribution in [-0.4, -0.2) is 20.4 Å². The number of aromatic amines is 1. The average molecular weight is 386 g/mol. The van der Waals surface area contributed by atoms with Crippen molar-refractivity contribution in [3.8, 4) is 0 Å². The molecule has 2 atom stereocenters. The number of carbonyl (C=O) groups excluding carboxylic acids is 1. The minimum atomic E-state index is -0.635. The van der Waals surface area contributed by atoms with Crippen molar-refractivity contribution in [1.29, 1.82) is 0 Å². The predicted octanol–water partition coefficient (Wildman–Crippen LogP) is 3.49. The third-order valence-electron chi connectivity index (χ3n) is 5.78. The first-order valence-corrected chi connectivity index (χ1v) is 9.91. The molecule has 0 aliphatic carbocycles. The first-order chi connectivity index (χ1) is 14.0. The van der Waals surface area contributed by atoms with Crippen LogP contribution in [0, 0.1) is 5.92 Å². The van der Waals surface area contributed by atoms with Crippen LogP contribution in [0.15, 0.2) is 59.5 Å². The van der Waals surface area contributed by atoms with Crippen LogP contribution in [-0.2, 0) is 11.2 Å². The van der Waals surface area contributed by atoms with E-state index in [2.05, 4.69) is 10.3 Å². The van der Waals surface area contributed by atoms with Gasteiger partial charge in [-0.1, -0.05) is 44.2 Å². The Morgan fingerprint density at radius 1 is 1.03 bits per heavy atom. The zero-order valence-corrected chi connectivity index (χ0v) is 16.3. The van der Waals surface area contributed by atoms with E-state index in [9.17, 15) is 9.59 Å². The van der Waals surface area contributed by atoms with Gasteiger partial charge < -0.3 is 10.3 Å². The molecule has 0 spiro atoms. The standard InChI is InChI=1S/C23H22N4O2/c1-13(2)20-21-25-18-10-6-4-8-16(18)23(29)27(21)19(22(28)26-20)11-14-12-24-17-9-5-3-7-15(14)17/h3-10,12-13,19-20,24H,11H2,1-2H3,(H,26,28)/t19-,20-/m0/s1. The van der Waals surface area contributed by atoms with Gasteiger partial charge in [0.1, 0.15) is 11.9 Å². The van der Waals surface area contributed by atoms with Gasteiger partial charge in [-0.15, -0.1) is 0 Å². The summed E-state index contributed by atoms with van der Waals surface area (Å²) in [5, 5.41) is 4.71. The molecule has 1 amide bonds. The van der Waals surface area contributed by atoms with E-state index in [4.69, 9.17) is 4.98 Å². The number of amides is 1. The van der Waals surface area contributed by atoms with Gasteiger partial charge in [-0.2, -0.15) is 0 Å². The largest absolute Gasteiger partial charge is 0.361 e. The first kappa shape index (κ1) is 17.7. The molecule has 2 aromatic heterocycles. The molecule has 2 aromatic carbocycles. The molecule has 0 radical (unpaired) electrons. The van der Waals surface area contributed by atoms with E-state index in [0.29, 0.717) is 23.1 Å². The molecule has 29 heavy (non-hydrogen) atoms. The molecule has 3 heterocycles. The molecule has 0 saturated heterocycles. The van der Waals surface area contributed by atoms with Crippen molar-refractivity contribution in [2.24, 2.45) is 5.92 Å². The number of hydrogen-bond donors (Lipinski definition) is 2. The van der Waals surface area contributed by atoms with Crippen LogP contribution in [0.3, 0.4) is 0 Å². The second-order valence-corrected chi connectivity index (χ2v) is 7.97. The van der Waals surface area contributed by atoms with Crippen LogP contribution in [0.5, 0.6) is 0 Å². The molecule has 0 bridgehead atoms. The Kier molecular flexibility index (Phi) is 4.01. The summed E-state index contributed by atoms with van der Waals surface area (Å²) in [4.78, 5) is 34.6. The molecule has 1 aliphatic rings. The Morgan fingerprint density at radius 2 is 1.76 bits per heavy atom. The average Bonchev–Trinajstić information content (AvgIpc) is 3.13. The van der Waals surface area contributed by atoms with E-state index in [-0.39, 0.29) is 23.4 Å². The summed E-state index contributed by atoms with van der Waals surface area (Å²) < 4.78 is 1.62. The lowest BCUT2D eigenvalue weighted by Crippen LogP contribution is -2.49. The van der Waals surface area contributed by atoms with E-state index in [1.54, 1.807) is 10.6 Å². The summed E-state index contributed by atoms with van der Waals surface area (Å²) in [6, 6.07) is 14.4. The Morgan fingerprint density at radius 3 is 2.55 bits per heavy atom. The van der Waals surface area contributed by atoms with Gasteiger partial charge in [0.15, 0.2) is 0 Å². The third-order valence-corrected chi connectivity index (χ3v) is 5.78. The summed E-state index contributed by atoms with van der Waals surface area (Å²) in [6.07, 6.45) is 2.35. The summed E-state index contributed by atoms with van der Waals surface area (Å²) in [6.45, 7) is 4.05. The summed E-state index contributed by atoms with van der Waals surface area (Å²) in [7, 11) is 0. The van der Waals surface area contributed by atoms with Gasteiger partial charge in [-0.3, -0.25) is 14.2 Å². The van der Waals surface area contributed by atoms with Gasteiger partial charge in [-0.05, 0) is 29.7 Å². The number of benzene rings is 2. The highest BCUT2D eigenvalue weighted by molar-refractivity contribution is 5.87. The second-order valence-electron chi connectivity index (χ2n) is 7.97. The van der Waals surface area contributed by atoms with E-state index in [1.165, 1.54) is 0 Å². The van der Waals surface area contributed by atoms with Crippen molar-refractivity contribution in [3.05, 3.63) is 76.5 Å². The Bertz CT molecular complexity index is 1300. The lowest BCUT2D eigenvalue weighted by Gasteiger charge is -2.34. The first-order valence-electron chi connectivity index (χ1n) is 9.91.